The second kappa shape index (κ2) is 8.08. The summed E-state index contributed by atoms with van der Waals surface area (Å²) in [6.07, 6.45) is 14.5. The van der Waals surface area contributed by atoms with Crippen molar-refractivity contribution in [3.05, 3.63) is 29.3 Å². The van der Waals surface area contributed by atoms with Crippen molar-refractivity contribution in [3.63, 3.8) is 0 Å². The lowest BCUT2D eigenvalue weighted by molar-refractivity contribution is -0.118. The Morgan fingerprint density at radius 3 is 2.79 bits per heavy atom. The molecule has 1 amide bonds. The molecule has 3 heteroatoms. The SMILES string of the molecule is C[C@]12CC[C@@H]3c4ccc(O)cc4CC[C@H]3[C@@H]1CC[C@@H]2CCCCCCC(N)=O. The average molecular weight is 384 g/mol. The zero-order valence-electron chi connectivity index (χ0n) is 17.5. The maximum absolute atomic E-state index is 10.9. The number of phenolic OH excluding ortho intramolecular Hbond substituents is 1. The maximum Gasteiger partial charge on any atom is 0.217 e. The fourth-order valence-corrected chi connectivity index (χ4v) is 7.20. The third-order valence-electron chi connectivity index (χ3n) is 8.63. The Balaban J connectivity index is 1.36. The van der Waals surface area contributed by atoms with E-state index in [0.717, 1.165) is 42.9 Å². The molecule has 3 N–H and O–H groups in total. The molecule has 0 bridgehead atoms. The number of hydrogen-bond donors (Lipinski definition) is 2. The number of benzene rings is 1. The monoisotopic (exact) mass is 383 g/mol. The van der Waals surface area contributed by atoms with E-state index in [1.165, 1.54) is 62.5 Å². The summed E-state index contributed by atoms with van der Waals surface area (Å²) in [5, 5.41) is 9.85. The number of fused-ring (bicyclic) bond motifs is 5. The first kappa shape index (κ1) is 19.8. The van der Waals surface area contributed by atoms with Crippen LogP contribution in [0.25, 0.3) is 0 Å². The molecule has 0 unspecified atom stereocenters. The maximum atomic E-state index is 10.9. The van der Waals surface area contributed by atoms with Crippen molar-refractivity contribution in [2.24, 2.45) is 28.9 Å². The van der Waals surface area contributed by atoms with Crippen molar-refractivity contribution in [3.8, 4) is 5.75 Å². The largest absolute Gasteiger partial charge is 0.508 e. The summed E-state index contributed by atoms with van der Waals surface area (Å²) in [6, 6.07) is 6.11. The molecule has 4 rings (SSSR count). The Kier molecular flexibility index (Phi) is 5.71. The minimum atomic E-state index is -0.160. The van der Waals surface area contributed by atoms with Crippen molar-refractivity contribution in [1.29, 1.82) is 0 Å². The highest BCUT2D eigenvalue weighted by molar-refractivity contribution is 5.73. The number of aromatic hydroxyl groups is 1. The highest BCUT2D eigenvalue weighted by Crippen LogP contribution is 2.63. The molecule has 0 saturated heterocycles. The molecule has 28 heavy (non-hydrogen) atoms. The molecule has 0 spiro atoms. The second-order valence-corrected chi connectivity index (χ2v) is 10.0. The summed E-state index contributed by atoms with van der Waals surface area (Å²) < 4.78 is 0. The summed E-state index contributed by atoms with van der Waals surface area (Å²) in [5.41, 5.74) is 8.70. The highest BCUT2D eigenvalue weighted by atomic mass is 16.3. The van der Waals surface area contributed by atoms with Crippen LogP contribution in [0.15, 0.2) is 18.2 Å². The van der Waals surface area contributed by atoms with Crippen LogP contribution in [-0.2, 0) is 11.2 Å². The van der Waals surface area contributed by atoms with E-state index >= 15 is 0 Å². The fraction of sp³-hybridized carbons (Fsp3) is 0.720. The van der Waals surface area contributed by atoms with E-state index in [0.29, 0.717) is 17.6 Å². The van der Waals surface area contributed by atoms with E-state index in [9.17, 15) is 9.90 Å². The molecule has 1 aromatic rings. The zero-order valence-corrected chi connectivity index (χ0v) is 17.5. The van der Waals surface area contributed by atoms with Crippen molar-refractivity contribution < 1.29 is 9.90 Å². The van der Waals surface area contributed by atoms with Gasteiger partial charge >= 0.3 is 0 Å². The number of unbranched alkanes of at least 4 members (excludes halogenated alkanes) is 3. The molecule has 3 nitrogen and oxygen atoms in total. The van der Waals surface area contributed by atoms with Gasteiger partial charge in [0.15, 0.2) is 0 Å². The first-order valence-corrected chi connectivity index (χ1v) is 11.6. The van der Waals surface area contributed by atoms with Gasteiger partial charge in [0.1, 0.15) is 5.75 Å². The van der Waals surface area contributed by atoms with Crippen LogP contribution in [-0.4, -0.2) is 11.0 Å². The molecule has 0 aliphatic heterocycles. The van der Waals surface area contributed by atoms with Crippen LogP contribution < -0.4 is 5.73 Å². The van der Waals surface area contributed by atoms with Crippen LogP contribution in [0.3, 0.4) is 0 Å². The van der Waals surface area contributed by atoms with Gasteiger partial charge in [0.2, 0.25) is 5.91 Å². The lowest BCUT2D eigenvalue weighted by Gasteiger charge is -2.51. The van der Waals surface area contributed by atoms with Gasteiger partial charge in [-0.25, -0.2) is 0 Å². The van der Waals surface area contributed by atoms with Gasteiger partial charge in [-0.2, -0.15) is 0 Å². The molecule has 2 fully saturated rings. The Labute approximate surface area is 170 Å². The predicted molar refractivity (Wildman–Crippen MR) is 113 cm³/mol. The van der Waals surface area contributed by atoms with Crippen LogP contribution in [0, 0.1) is 23.2 Å². The number of carbonyl (C=O) groups excluding carboxylic acids is 1. The van der Waals surface area contributed by atoms with E-state index in [1.54, 1.807) is 0 Å². The van der Waals surface area contributed by atoms with Crippen molar-refractivity contribution in [2.75, 3.05) is 0 Å². The third kappa shape index (κ3) is 3.69. The average Bonchev–Trinajstić information content (AvgIpc) is 3.00. The predicted octanol–water partition coefficient (Wildman–Crippen LogP) is 5.69. The number of primary amides is 1. The highest BCUT2D eigenvalue weighted by Gasteiger charge is 2.54. The van der Waals surface area contributed by atoms with E-state index < -0.39 is 0 Å². The number of amides is 1. The number of nitrogens with two attached hydrogens (primary N) is 1. The van der Waals surface area contributed by atoms with E-state index in [-0.39, 0.29) is 5.91 Å². The lowest BCUT2D eigenvalue weighted by Crippen LogP contribution is -2.42. The minimum absolute atomic E-state index is 0.160. The number of hydrogen-bond acceptors (Lipinski definition) is 2. The number of rotatable bonds is 7. The summed E-state index contributed by atoms with van der Waals surface area (Å²) in [6.45, 7) is 2.60. The molecule has 5 atom stereocenters. The summed E-state index contributed by atoms with van der Waals surface area (Å²) in [7, 11) is 0. The van der Waals surface area contributed by atoms with Crippen molar-refractivity contribution in [2.45, 2.75) is 89.9 Å². The van der Waals surface area contributed by atoms with Crippen LogP contribution >= 0.6 is 0 Å². The number of aryl methyl sites for hydroxylation is 1. The van der Waals surface area contributed by atoms with Crippen molar-refractivity contribution >= 4 is 5.91 Å². The topological polar surface area (TPSA) is 63.3 Å². The van der Waals surface area contributed by atoms with E-state index in [4.69, 9.17) is 5.73 Å². The fourth-order valence-electron chi connectivity index (χ4n) is 7.20. The van der Waals surface area contributed by atoms with E-state index in [1.807, 2.05) is 12.1 Å². The van der Waals surface area contributed by atoms with Gasteiger partial charge in [-0.3, -0.25) is 4.79 Å². The Morgan fingerprint density at radius 2 is 1.96 bits per heavy atom. The third-order valence-corrected chi connectivity index (χ3v) is 8.63. The number of carbonyl (C=O) groups is 1. The molecular weight excluding hydrogens is 346 g/mol. The van der Waals surface area contributed by atoms with Crippen LogP contribution in [0.4, 0.5) is 0 Å². The van der Waals surface area contributed by atoms with Crippen LogP contribution in [0.2, 0.25) is 0 Å². The van der Waals surface area contributed by atoms with Crippen molar-refractivity contribution in [1.82, 2.24) is 0 Å². The summed E-state index contributed by atoms with van der Waals surface area (Å²) >= 11 is 0. The van der Waals surface area contributed by atoms with Gasteiger partial charge in [0, 0.05) is 6.42 Å². The standard InChI is InChI=1S/C25H37NO2/c1-25-15-14-21-20-12-10-19(27)16-17(20)8-11-22(21)23(25)13-9-18(25)6-4-2-3-5-7-24(26)28/h10,12,16,18,21-23,27H,2-9,11,13-15H2,1H3,(H2,26,28)/t18-,21+,22+,23-,25+/m0/s1. The lowest BCUT2D eigenvalue weighted by atomic mass is 9.54. The second-order valence-electron chi connectivity index (χ2n) is 10.0. The molecule has 0 aromatic heterocycles. The molecule has 154 valence electrons. The summed E-state index contributed by atoms with van der Waals surface area (Å²) in [4.78, 5) is 10.9. The van der Waals surface area contributed by atoms with Gasteiger partial charge in [-0.15, -0.1) is 0 Å². The van der Waals surface area contributed by atoms with Gasteiger partial charge in [0.05, 0.1) is 0 Å². The smallest absolute Gasteiger partial charge is 0.217 e. The zero-order chi connectivity index (χ0) is 19.7. The minimum Gasteiger partial charge on any atom is -0.508 e. The molecular formula is C25H37NO2. The Morgan fingerprint density at radius 1 is 1.14 bits per heavy atom. The summed E-state index contributed by atoms with van der Waals surface area (Å²) in [5.74, 6) is 3.59. The molecule has 2 saturated carbocycles. The Hall–Kier alpha value is -1.51. The first-order chi connectivity index (χ1) is 13.5. The molecule has 0 radical (unpaired) electrons. The Bertz CT molecular complexity index is 714. The molecule has 1 aromatic carbocycles. The van der Waals surface area contributed by atoms with Gasteiger partial charge in [0.25, 0.3) is 0 Å². The molecule has 3 aliphatic rings. The van der Waals surface area contributed by atoms with Gasteiger partial charge in [-0.05, 0) is 104 Å². The quantitative estimate of drug-likeness (QED) is 0.594. The molecule has 3 aliphatic carbocycles. The first-order valence-electron chi connectivity index (χ1n) is 11.6. The van der Waals surface area contributed by atoms with Crippen LogP contribution in [0.1, 0.15) is 94.6 Å². The normalized spacial score (nSPS) is 33.8. The van der Waals surface area contributed by atoms with Gasteiger partial charge < -0.3 is 10.8 Å². The van der Waals surface area contributed by atoms with Gasteiger partial charge in [-0.1, -0.05) is 32.3 Å². The van der Waals surface area contributed by atoms with E-state index in [2.05, 4.69) is 13.0 Å². The molecule has 0 heterocycles. The number of phenols is 1. The van der Waals surface area contributed by atoms with Crippen LogP contribution in [0.5, 0.6) is 5.75 Å².